The van der Waals surface area contributed by atoms with Crippen LogP contribution in [0, 0.1) is 5.41 Å². The van der Waals surface area contributed by atoms with E-state index in [1.807, 2.05) is 54.6 Å². The molecule has 20 heavy (non-hydrogen) atoms. The van der Waals surface area contributed by atoms with E-state index in [9.17, 15) is 0 Å². The molecule has 3 heteroatoms. The van der Waals surface area contributed by atoms with Crippen LogP contribution in [0.4, 0.5) is 0 Å². The van der Waals surface area contributed by atoms with E-state index in [0.717, 1.165) is 17.1 Å². The molecule has 2 nitrogen and oxygen atoms in total. The van der Waals surface area contributed by atoms with E-state index in [0.29, 0.717) is 0 Å². The van der Waals surface area contributed by atoms with Crippen molar-refractivity contribution in [3.8, 4) is 11.5 Å². The first-order valence-corrected chi connectivity index (χ1v) is 6.55. The van der Waals surface area contributed by atoms with Crippen LogP contribution in [0.25, 0.3) is 0 Å². The van der Waals surface area contributed by atoms with Gasteiger partial charge in [-0.1, -0.05) is 51.1 Å². The maximum Gasteiger partial charge on any atom is 0.127 e. The lowest BCUT2D eigenvalue weighted by Gasteiger charge is -2.27. The average Bonchev–Trinajstić information content (AvgIpc) is 2.39. The molecule has 2 aromatic carbocycles. The average molecular weight is 292 g/mol. The highest BCUT2D eigenvalue weighted by molar-refractivity contribution is 5.85. The van der Waals surface area contributed by atoms with Crippen molar-refractivity contribution in [1.82, 2.24) is 0 Å². The number of hydrogen-bond acceptors (Lipinski definition) is 2. The Balaban J connectivity index is 0.00000200. The number of hydrogen-bond donors (Lipinski definition) is 1. The summed E-state index contributed by atoms with van der Waals surface area (Å²) in [5.41, 5.74) is 7.42. The Morgan fingerprint density at radius 1 is 0.850 bits per heavy atom. The molecule has 0 bridgehead atoms. The van der Waals surface area contributed by atoms with E-state index in [4.69, 9.17) is 10.5 Å². The van der Waals surface area contributed by atoms with Gasteiger partial charge in [0.25, 0.3) is 0 Å². The number of benzene rings is 2. The summed E-state index contributed by atoms with van der Waals surface area (Å²) >= 11 is 0. The molecule has 2 aromatic rings. The van der Waals surface area contributed by atoms with Gasteiger partial charge in [-0.3, -0.25) is 0 Å². The van der Waals surface area contributed by atoms with Crippen molar-refractivity contribution in [2.75, 3.05) is 0 Å². The van der Waals surface area contributed by atoms with E-state index < -0.39 is 0 Å². The lowest BCUT2D eigenvalue weighted by atomic mass is 9.83. The maximum atomic E-state index is 6.23. The Kier molecular flexibility index (Phi) is 5.61. The topological polar surface area (TPSA) is 35.2 Å². The molecular formula is C17H22ClNO. The van der Waals surface area contributed by atoms with Crippen molar-refractivity contribution < 1.29 is 4.74 Å². The van der Waals surface area contributed by atoms with E-state index in [1.54, 1.807) is 0 Å². The number of rotatable bonds is 3. The van der Waals surface area contributed by atoms with Gasteiger partial charge in [0.2, 0.25) is 0 Å². The van der Waals surface area contributed by atoms with Gasteiger partial charge in [0.1, 0.15) is 11.5 Å². The molecule has 2 rings (SSSR count). The third kappa shape index (κ3) is 4.26. The molecule has 0 spiro atoms. The quantitative estimate of drug-likeness (QED) is 0.868. The van der Waals surface area contributed by atoms with Crippen LogP contribution >= 0.6 is 12.4 Å². The minimum absolute atomic E-state index is 0. The fraction of sp³-hybridized carbons (Fsp3) is 0.294. The van der Waals surface area contributed by atoms with Crippen molar-refractivity contribution in [1.29, 1.82) is 0 Å². The van der Waals surface area contributed by atoms with Crippen molar-refractivity contribution in [3.05, 3.63) is 60.2 Å². The predicted octanol–water partition coefficient (Wildman–Crippen LogP) is 4.95. The minimum Gasteiger partial charge on any atom is -0.457 e. The molecule has 0 unspecified atom stereocenters. The van der Waals surface area contributed by atoms with E-state index in [1.165, 1.54) is 0 Å². The van der Waals surface area contributed by atoms with E-state index in [2.05, 4.69) is 20.8 Å². The minimum atomic E-state index is 0. The summed E-state index contributed by atoms with van der Waals surface area (Å²) in [7, 11) is 0. The summed E-state index contributed by atoms with van der Waals surface area (Å²) < 4.78 is 5.76. The molecule has 0 saturated heterocycles. The summed E-state index contributed by atoms with van der Waals surface area (Å²) in [4.78, 5) is 0. The molecule has 0 saturated carbocycles. The Morgan fingerprint density at radius 2 is 1.35 bits per heavy atom. The molecule has 2 N–H and O–H groups in total. The smallest absolute Gasteiger partial charge is 0.127 e. The van der Waals surface area contributed by atoms with Crippen molar-refractivity contribution in [2.24, 2.45) is 11.1 Å². The van der Waals surface area contributed by atoms with Gasteiger partial charge < -0.3 is 10.5 Å². The van der Waals surface area contributed by atoms with Crippen LogP contribution in [0.15, 0.2) is 54.6 Å². The standard InChI is InChI=1S/C17H21NO.ClH/c1-17(2,3)16(18)13-9-11-15(12-10-13)19-14-7-5-4-6-8-14;/h4-12,16H,18H2,1-3H3;1H/t16-;/m0./s1. The Hall–Kier alpha value is -1.51. The first-order valence-electron chi connectivity index (χ1n) is 6.55. The van der Waals surface area contributed by atoms with Gasteiger partial charge in [0.15, 0.2) is 0 Å². The molecule has 108 valence electrons. The van der Waals surface area contributed by atoms with Crippen LogP contribution in [0.5, 0.6) is 11.5 Å². The largest absolute Gasteiger partial charge is 0.457 e. The highest BCUT2D eigenvalue weighted by atomic mass is 35.5. The summed E-state index contributed by atoms with van der Waals surface area (Å²) in [6.07, 6.45) is 0. The third-order valence-electron chi connectivity index (χ3n) is 3.15. The molecule has 0 amide bonds. The van der Waals surface area contributed by atoms with E-state index >= 15 is 0 Å². The second-order valence-corrected chi connectivity index (χ2v) is 5.83. The van der Waals surface area contributed by atoms with Gasteiger partial charge in [-0.2, -0.15) is 0 Å². The summed E-state index contributed by atoms with van der Waals surface area (Å²) in [6.45, 7) is 6.43. The Labute approximate surface area is 127 Å². The molecule has 0 radical (unpaired) electrons. The van der Waals surface area contributed by atoms with Crippen molar-refractivity contribution >= 4 is 12.4 Å². The summed E-state index contributed by atoms with van der Waals surface area (Å²) in [6, 6.07) is 17.8. The third-order valence-corrected chi connectivity index (χ3v) is 3.15. The van der Waals surface area contributed by atoms with Crippen molar-refractivity contribution in [3.63, 3.8) is 0 Å². The molecule has 0 aromatic heterocycles. The fourth-order valence-electron chi connectivity index (χ4n) is 1.87. The van der Waals surface area contributed by atoms with Gasteiger partial charge in [0.05, 0.1) is 0 Å². The Morgan fingerprint density at radius 3 is 1.85 bits per heavy atom. The van der Waals surface area contributed by atoms with Gasteiger partial charge >= 0.3 is 0 Å². The zero-order valence-corrected chi connectivity index (χ0v) is 13.0. The van der Waals surface area contributed by atoms with Gasteiger partial charge in [-0.05, 0) is 35.2 Å². The second-order valence-electron chi connectivity index (χ2n) is 5.83. The van der Waals surface area contributed by atoms with Crippen molar-refractivity contribution in [2.45, 2.75) is 26.8 Å². The van der Waals surface area contributed by atoms with Crippen LogP contribution in [0.3, 0.4) is 0 Å². The monoisotopic (exact) mass is 291 g/mol. The number of halogens is 1. The van der Waals surface area contributed by atoms with Crippen LogP contribution in [0.1, 0.15) is 32.4 Å². The maximum absolute atomic E-state index is 6.23. The van der Waals surface area contributed by atoms with Gasteiger partial charge in [-0.25, -0.2) is 0 Å². The van der Waals surface area contributed by atoms with Gasteiger partial charge in [0, 0.05) is 6.04 Å². The molecule has 0 aliphatic carbocycles. The molecule has 0 heterocycles. The first kappa shape index (κ1) is 16.5. The molecule has 1 atom stereocenters. The van der Waals surface area contributed by atoms with E-state index in [-0.39, 0.29) is 23.9 Å². The molecule has 0 fully saturated rings. The lowest BCUT2D eigenvalue weighted by molar-refractivity contribution is 0.327. The number of nitrogens with two attached hydrogens (primary N) is 1. The SMILES string of the molecule is CC(C)(C)[C@@H](N)c1ccc(Oc2ccccc2)cc1.Cl. The number of para-hydroxylation sites is 1. The zero-order valence-electron chi connectivity index (χ0n) is 12.2. The fourth-order valence-corrected chi connectivity index (χ4v) is 1.87. The normalized spacial score (nSPS) is 12.4. The number of ether oxygens (including phenoxy) is 1. The summed E-state index contributed by atoms with van der Waals surface area (Å²) in [5, 5.41) is 0. The predicted molar refractivity (Wildman–Crippen MR) is 86.6 cm³/mol. The Bertz CT molecular complexity index is 517. The van der Waals surface area contributed by atoms with Gasteiger partial charge in [-0.15, -0.1) is 12.4 Å². The van der Waals surface area contributed by atoms with Crippen LogP contribution < -0.4 is 10.5 Å². The van der Waals surface area contributed by atoms with Crippen LogP contribution in [-0.2, 0) is 0 Å². The molecule has 0 aliphatic rings. The second kappa shape index (κ2) is 6.78. The first-order chi connectivity index (χ1) is 8.97. The highest BCUT2D eigenvalue weighted by Crippen LogP contribution is 2.31. The van der Waals surface area contributed by atoms with Crippen LogP contribution in [-0.4, -0.2) is 0 Å². The lowest BCUT2D eigenvalue weighted by Crippen LogP contribution is -2.26. The zero-order chi connectivity index (χ0) is 13.9. The summed E-state index contributed by atoms with van der Waals surface area (Å²) in [5.74, 6) is 1.67. The molecule has 0 aliphatic heterocycles. The van der Waals surface area contributed by atoms with Crippen LogP contribution in [0.2, 0.25) is 0 Å². The highest BCUT2D eigenvalue weighted by Gasteiger charge is 2.21. The molecular weight excluding hydrogens is 270 g/mol.